The largest absolute Gasteiger partial charge is 0.390 e. The third-order valence-corrected chi connectivity index (χ3v) is 5.64. The topological polar surface area (TPSA) is 20.2 Å². The lowest BCUT2D eigenvalue weighted by molar-refractivity contribution is 0.0366. The maximum atomic E-state index is 10.5. The van der Waals surface area contributed by atoms with Crippen LogP contribution in [0.15, 0.2) is 0 Å². The highest BCUT2D eigenvalue weighted by molar-refractivity contribution is 4.72. The average molecular weight is 355 g/mol. The summed E-state index contributed by atoms with van der Waals surface area (Å²) in [5, 5.41) is 10.5. The molecule has 0 rings (SSSR count). The van der Waals surface area contributed by atoms with Gasteiger partial charge in [-0.2, -0.15) is 0 Å². The van der Waals surface area contributed by atoms with Crippen molar-refractivity contribution in [1.82, 2.24) is 0 Å². The van der Waals surface area contributed by atoms with Crippen LogP contribution in [-0.4, -0.2) is 10.7 Å². The number of hydrogen-bond acceptors (Lipinski definition) is 1. The first-order valence-electron chi connectivity index (χ1n) is 11.8. The lowest BCUT2D eigenvalue weighted by Gasteiger charge is -2.23. The SMILES string of the molecule is CCCCCCCCCCCCC(C)(O)CCCCCCCCCC. The molecule has 0 fully saturated rings. The highest BCUT2D eigenvalue weighted by atomic mass is 16.3. The van der Waals surface area contributed by atoms with Gasteiger partial charge in [-0.15, -0.1) is 0 Å². The lowest BCUT2D eigenvalue weighted by atomic mass is 9.91. The van der Waals surface area contributed by atoms with Gasteiger partial charge in [0.05, 0.1) is 5.60 Å². The first kappa shape index (κ1) is 25.0. The van der Waals surface area contributed by atoms with Crippen molar-refractivity contribution in [2.45, 2.75) is 155 Å². The van der Waals surface area contributed by atoms with E-state index in [1.165, 1.54) is 116 Å². The van der Waals surface area contributed by atoms with Gasteiger partial charge in [0.15, 0.2) is 0 Å². The van der Waals surface area contributed by atoms with Crippen LogP contribution in [0.5, 0.6) is 0 Å². The second kappa shape index (κ2) is 18.7. The van der Waals surface area contributed by atoms with E-state index < -0.39 is 5.60 Å². The first-order chi connectivity index (χ1) is 12.1. The van der Waals surface area contributed by atoms with Gasteiger partial charge in [0.2, 0.25) is 0 Å². The third-order valence-electron chi connectivity index (χ3n) is 5.64. The van der Waals surface area contributed by atoms with Crippen LogP contribution in [0.4, 0.5) is 0 Å². The Balaban J connectivity index is 3.32. The van der Waals surface area contributed by atoms with Gasteiger partial charge in [-0.1, -0.05) is 129 Å². The molecule has 0 saturated heterocycles. The molecule has 25 heavy (non-hydrogen) atoms. The molecular weight excluding hydrogens is 304 g/mol. The fourth-order valence-electron chi connectivity index (χ4n) is 3.76. The molecule has 1 N–H and O–H groups in total. The van der Waals surface area contributed by atoms with Crippen molar-refractivity contribution in [3.63, 3.8) is 0 Å². The van der Waals surface area contributed by atoms with Gasteiger partial charge in [0.1, 0.15) is 0 Å². The summed E-state index contributed by atoms with van der Waals surface area (Å²) in [7, 11) is 0. The maximum absolute atomic E-state index is 10.5. The monoisotopic (exact) mass is 354 g/mol. The molecule has 152 valence electrons. The zero-order chi connectivity index (χ0) is 18.6. The number of hydrogen-bond donors (Lipinski definition) is 1. The molecule has 0 aromatic heterocycles. The van der Waals surface area contributed by atoms with Crippen molar-refractivity contribution in [1.29, 1.82) is 0 Å². The molecule has 0 bridgehead atoms. The maximum Gasteiger partial charge on any atom is 0.0619 e. The number of unbranched alkanes of at least 4 members (excludes halogenated alkanes) is 16. The predicted octanol–water partition coefficient (Wildman–Crippen LogP) is 8.58. The summed E-state index contributed by atoms with van der Waals surface area (Å²) in [6.07, 6.45) is 26.5. The summed E-state index contributed by atoms with van der Waals surface area (Å²) >= 11 is 0. The third kappa shape index (κ3) is 20.1. The number of rotatable bonds is 20. The summed E-state index contributed by atoms with van der Waals surface area (Å²) in [5.74, 6) is 0. The van der Waals surface area contributed by atoms with E-state index in [9.17, 15) is 5.11 Å². The van der Waals surface area contributed by atoms with Crippen LogP contribution in [0.3, 0.4) is 0 Å². The average Bonchev–Trinajstić information content (AvgIpc) is 2.59. The number of aliphatic hydroxyl groups is 1. The van der Waals surface area contributed by atoms with E-state index in [0.29, 0.717) is 0 Å². The molecule has 0 aliphatic rings. The minimum Gasteiger partial charge on any atom is -0.390 e. The van der Waals surface area contributed by atoms with Gasteiger partial charge < -0.3 is 5.11 Å². The fourth-order valence-corrected chi connectivity index (χ4v) is 3.76. The molecule has 0 aromatic rings. The molecule has 0 heterocycles. The van der Waals surface area contributed by atoms with Crippen molar-refractivity contribution < 1.29 is 5.11 Å². The summed E-state index contributed by atoms with van der Waals surface area (Å²) in [6, 6.07) is 0. The molecule has 0 aliphatic carbocycles. The second-order valence-corrected chi connectivity index (χ2v) is 8.65. The van der Waals surface area contributed by atoms with Gasteiger partial charge in [-0.3, -0.25) is 0 Å². The normalized spacial score (nSPS) is 13.9. The Hall–Kier alpha value is -0.0400. The Morgan fingerprint density at radius 2 is 0.680 bits per heavy atom. The molecule has 0 spiro atoms. The van der Waals surface area contributed by atoms with Crippen LogP contribution in [-0.2, 0) is 0 Å². The van der Waals surface area contributed by atoms with Gasteiger partial charge in [0, 0.05) is 0 Å². The van der Waals surface area contributed by atoms with E-state index in [1.54, 1.807) is 0 Å². The molecule has 0 radical (unpaired) electrons. The molecule has 1 atom stereocenters. The van der Waals surface area contributed by atoms with Crippen molar-refractivity contribution in [3.05, 3.63) is 0 Å². The Morgan fingerprint density at radius 3 is 0.960 bits per heavy atom. The molecule has 1 unspecified atom stereocenters. The minimum absolute atomic E-state index is 0.414. The van der Waals surface area contributed by atoms with Crippen molar-refractivity contribution in [3.8, 4) is 0 Å². The van der Waals surface area contributed by atoms with Gasteiger partial charge in [0.25, 0.3) is 0 Å². The smallest absolute Gasteiger partial charge is 0.0619 e. The van der Waals surface area contributed by atoms with Crippen LogP contribution in [0.2, 0.25) is 0 Å². The van der Waals surface area contributed by atoms with E-state index in [2.05, 4.69) is 20.8 Å². The Morgan fingerprint density at radius 1 is 0.440 bits per heavy atom. The Bertz CT molecular complexity index is 246. The van der Waals surface area contributed by atoms with Crippen LogP contribution in [0, 0.1) is 0 Å². The first-order valence-corrected chi connectivity index (χ1v) is 11.8. The quantitative estimate of drug-likeness (QED) is 0.217. The standard InChI is InChI=1S/C24H50O/c1-4-6-8-10-12-14-15-17-19-21-23-24(3,25)22-20-18-16-13-11-9-7-5-2/h25H,4-23H2,1-3H3. The second-order valence-electron chi connectivity index (χ2n) is 8.65. The molecule has 1 heteroatoms. The van der Waals surface area contributed by atoms with Crippen LogP contribution in [0.25, 0.3) is 0 Å². The molecule has 1 nitrogen and oxygen atoms in total. The van der Waals surface area contributed by atoms with Crippen LogP contribution >= 0.6 is 0 Å². The van der Waals surface area contributed by atoms with Gasteiger partial charge >= 0.3 is 0 Å². The predicted molar refractivity (Wildman–Crippen MR) is 114 cm³/mol. The molecular formula is C24H50O. The summed E-state index contributed by atoms with van der Waals surface area (Å²) in [6.45, 7) is 6.61. The summed E-state index contributed by atoms with van der Waals surface area (Å²) in [5.41, 5.74) is -0.414. The molecule has 0 saturated carbocycles. The van der Waals surface area contributed by atoms with E-state index in [-0.39, 0.29) is 0 Å². The Labute approximate surface area is 160 Å². The molecule has 0 aliphatic heterocycles. The highest BCUT2D eigenvalue weighted by Crippen LogP contribution is 2.23. The van der Waals surface area contributed by atoms with Gasteiger partial charge in [-0.05, 0) is 19.8 Å². The van der Waals surface area contributed by atoms with Crippen LogP contribution < -0.4 is 0 Å². The molecule has 0 amide bonds. The van der Waals surface area contributed by atoms with Crippen LogP contribution in [0.1, 0.15) is 149 Å². The molecule has 0 aromatic carbocycles. The summed E-state index contributed by atoms with van der Waals surface area (Å²) < 4.78 is 0. The highest BCUT2D eigenvalue weighted by Gasteiger charge is 2.18. The van der Waals surface area contributed by atoms with E-state index >= 15 is 0 Å². The van der Waals surface area contributed by atoms with Gasteiger partial charge in [-0.25, -0.2) is 0 Å². The zero-order valence-electron chi connectivity index (χ0n) is 18.1. The summed E-state index contributed by atoms with van der Waals surface area (Å²) in [4.78, 5) is 0. The Kier molecular flexibility index (Phi) is 18.7. The minimum atomic E-state index is -0.414. The van der Waals surface area contributed by atoms with Crippen molar-refractivity contribution >= 4 is 0 Å². The van der Waals surface area contributed by atoms with E-state index in [1.807, 2.05) is 0 Å². The zero-order valence-corrected chi connectivity index (χ0v) is 18.1. The fraction of sp³-hybridized carbons (Fsp3) is 1.00. The lowest BCUT2D eigenvalue weighted by Crippen LogP contribution is -2.23. The van der Waals surface area contributed by atoms with E-state index in [4.69, 9.17) is 0 Å². The van der Waals surface area contributed by atoms with Crippen molar-refractivity contribution in [2.75, 3.05) is 0 Å². The van der Waals surface area contributed by atoms with E-state index in [0.717, 1.165) is 12.8 Å². The van der Waals surface area contributed by atoms with Crippen molar-refractivity contribution in [2.24, 2.45) is 0 Å².